The highest BCUT2D eigenvalue weighted by Crippen LogP contribution is 2.07. The van der Waals surface area contributed by atoms with Gasteiger partial charge in [0.25, 0.3) is 5.78 Å². The van der Waals surface area contributed by atoms with Crippen LogP contribution in [0.4, 0.5) is 0 Å². The number of carbonyl (C=O) groups excluding carboxylic acids is 1. The zero-order chi connectivity index (χ0) is 15.7. The number of nitrogens with zero attached hydrogens (tertiary/aromatic N) is 6. The van der Waals surface area contributed by atoms with Gasteiger partial charge in [0, 0.05) is 30.8 Å². The largest absolute Gasteiger partial charge is 0.347 e. The number of aromatic nitrogens is 6. The predicted molar refractivity (Wildman–Crippen MR) is 79.0 cm³/mol. The SMILES string of the molecule is Cc1cc(C)n2nc(CC(=O)N(C)Cc3ncc[nH]3)nc2n1. The van der Waals surface area contributed by atoms with Crippen molar-refractivity contribution < 1.29 is 4.79 Å². The fourth-order valence-electron chi connectivity index (χ4n) is 2.25. The predicted octanol–water partition coefficient (Wildman–Crippen LogP) is 0.665. The van der Waals surface area contributed by atoms with Gasteiger partial charge in [-0.25, -0.2) is 14.5 Å². The molecule has 3 heterocycles. The number of hydrogen-bond donors (Lipinski definition) is 1. The van der Waals surface area contributed by atoms with Crippen LogP contribution in [0.5, 0.6) is 0 Å². The first-order chi connectivity index (χ1) is 10.5. The van der Waals surface area contributed by atoms with Crippen molar-refractivity contribution in [2.24, 2.45) is 0 Å². The second kappa shape index (κ2) is 5.55. The molecule has 0 aliphatic carbocycles. The van der Waals surface area contributed by atoms with Crippen LogP contribution in [0.3, 0.4) is 0 Å². The molecule has 0 aromatic carbocycles. The van der Waals surface area contributed by atoms with Crippen LogP contribution >= 0.6 is 0 Å². The summed E-state index contributed by atoms with van der Waals surface area (Å²) in [6, 6.07) is 1.93. The molecule has 0 unspecified atom stereocenters. The van der Waals surface area contributed by atoms with Gasteiger partial charge in [0.1, 0.15) is 5.82 Å². The minimum atomic E-state index is -0.0679. The van der Waals surface area contributed by atoms with Crippen LogP contribution in [-0.2, 0) is 17.8 Å². The molecular formula is C14H17N7O. The zero-order valence-corrected chi connectivity index (χ0v) is 12.7. The van der Waals surface area contributed by atoms with Gasteiger partial charge in [0.2, 0.25) is 5.91 Å². The molecule has 0 saturated heterocycles. The third-order valence-corrected chi connectivity index (χ3v) is 3.34. The van der Waals surface area contributed by atoms with E-state index in [1.165, 1.54) is 0 Å². The van der Waals surface area contributed by atoms with Gasteiger partial charge >= 0.3 is 0 Å². The van der Waals surface area contributed by atoms with E-state index in [2.05, 4.69) is 25.0 Å². The fourth-order valence-corrected chi connectivity index (χ4v) is 2.25. The highest BCUT2D eigenvalue weighted by Gasteiger charge is 2.15. The number of nitrogens with one attached hydrogen (secondary N) is 1. The van der Waals surface area contributed by atoms with Crippen molar-refractivity contribution in [3.05, 3.63) is 41.5 Å². The number of likely N-dealkylation sites (N-methyl/N-ethyl adjacent to an activating group) is 1. The molecule has 0 atom stereocenters. The Balaban J connectivity index is 1.75. The van der Waals surface area contributed by atoms with Crippen LogP contribution in [0, 0.1) is 13.8 Å². The lowest BCUT2D eigenvalue weighted by atomic mass is 10.3. The summed E-state index contributed by atoms with van der Waals surface area (Å²) in [5.74, 6) is 1.67. The monoisotopic (exact) mass is 299 g/mol. The maximum atomic E-state index is 12.2. The summed E-state index contributed by atoms with van der Waals surface area (Å²) < 4.78 is 1.65. The Bertz CT molecular complexity index is 806. The van der Waals surface area contributed by atoms with Crippen LogP contribution in [0.2, 0.25) is 0 Å². The van der Waals surface area contributed by atoms with E-state index in [9.17, 15) is 4.79 Å². The molecule has 1 amide bonds. The van der Waals surface area contributed by atoms with Gasteiger partial charge in [0.15, 0.2) is 5.82 Å². The summed E-state index contributed by atoms with van der Waals surface area (Å²) in [5.41, 5.74) is 1.82. The normalized spacial score (nSPS) is 11.0. The maximum Gasteiger partial charge on any atom is 0.252 e. The third kappa shape index (κ3) is 2.80. The Morgan fingerprint density at radius 1 is 1.36 bits per heavy atom. The van der Waals surface area contributed by atoms with E-state index in [0.717, 1.165) is 17.2 Å². The summed E-state index contributed by atoms with van der Waals surface area (Å²) in [4.78, 5) is 29.6. The number of hydrogen-bond acceptors (Lipinski definition) is 5. The van der Waals surface area contributed by atoms with Crippen molar-refractivity contribution in [1.82, 2.24) is 34.4 Å². The Labute approximate surface area is 127 Å². The zero-order valence-electron chi connectivity index (χ0n) is 12.7. The lowest BCUT2D eigenvalue weighted by Crippen LogP contribution is -2.28. The first-order valence-electron chi connectivity index (χ1n) is 6.95. The molecule has 1 N–H and O–H groups in total. The molecule has 0 aliphatic heterocycles. The molecule has 3 aromatic heterocycles. The molecule has 114 valence electrons. The van der Waals surface area contributed by atoms with Gasteiger partial charge in [0.05, 0.1) is 13.0 Å². The van der Waals surface area contributed by atoms with E-state index in [1.807, 2.05) is 19.9 Å². The van der Waals surface area contributed by atoms with Crippen LogP contribution in [0.25, 0.3) is 5.78 Å². The molecule has 0 bridgehead atoms. The Morgan fingerprint density at radius 3 is 2.91 bits per heavy atom. The van der Waals surface area contributed by atoms with E-state index in [-0.39, 0.29) is 12.3 Å². The van der Waals surface area contributed by atoms with Crippen molar-refractivity contribution >= 4 is 11.7 Å². The van der Waals surface area contributed by atoms with Gasteiger partial charge in [-0.2, -0.15) is 4.98 Å². The third-order valence-electron chi connectivity index (χ3n) is 3.34. The number of aromatic amines is 1. The second-order valence-corrected chi connectivity index (χ2v) is 5.24. The minimum Gasteiger partial charge on any atom is -0.347 e. The van der Waals surface area contributed by atoms with E-state index in [4.69, 9.17) is 0 Å². The number of imidazole rings is 1. The molecule has 3 rings (SSSR count). The highest BCUT2D eigenvalue weighted by molar-refractivity contribution is 5.77. The van der Waals surface area contributed by atoms with E-state index < -0.39 is 0 Å². The van der Waals surface area contributed by atoms with E-state index >= 15 is 0 Å². The lowest BCUT2D eigenvalue weighted by molar-refractivity contribution is -0.129. The van der Waals surface area contributed by atoms with Crippen molar-refractivity contribution in [3.8, 4) is 0 Å². The summed E-state index contributed by atoms with van der Waals surface area (Å²) in [6.07, 6.45) is 3.53. The van der Waals surface area contributed by atoms with Crippen LogP contribution in [0.15, 0.2) is 18.5 Å². The molecule has 0 radical (unpaired) electrons. The molecule has 8 heteroatoms. The smallest absolute Gasteiger partial charge is 0.252 e. The number of H-pyrrole nitrogens is 1. The second-order valence-electron chi connectivity index (χ2n) is 5.24. The van der Waals surface area contributed by atoms with Crippen molar-refractivity contribution in [3.63, 3.8) is 0 Å². The Morgan fingerprint density at radius 2 is 2.18 bits per heavy atom. The van der Waals surface area contributed by atoms with Gasteiger partial charge in [-0.1, -0.05) is 0 Å². The molecule has 3 aromatic rings. The molecule has 8 nitrogen and oxygen atoms in total. The van der Waals surface area contributed by atoms with Gasteiger partial charge < -0.3 is 9.88 Å². The maximum absolute atomic E-state index is 12.2. The summed E-state index contributed by atoms with van der Waals surface area (Å²) in [7, 11) is 1.73. The molecule has 0 fully saturated rings. The summed E-state index contributed by atoms with van der Waals surface area (Å²) >= 11 is 0. The van der Waals surface area contributed by atoms with Gasteiger partial charge in [-0.3, -0.25) is 4.79 Å². The van der Waals surface area contributed by atoms with E-state index in [1.54, 1.807) is 28.9 Å². The first-order valence-corrected chi connectivity index (χ1v) is 6.95. The quantitative estimate of drug-likeness (QED) is 0.764. The Hall–Kier alpha value is -2.77. The number of amides is 1. The first kappa shape index (κ1) is 14.2. The standard InChI is InChI=1S/C14H17N7O/c1-9-6-10(2)21-14(17-9)18-11(19-21)7-13(22)20(3)8-12-15-4-5-16-12/h4-6H,7-8H2,1-3H3,(H,15,16). The number of rotatable bonds is 4. The summed E-state index contributed by atoms with van der Waals surface area (Å²) in [6.45, 7) is 4.27. The molecular weight excluding hydrogens is 282 g/mol. The average molecular weight is 299 g/mol. The number of fused-ring (bicyclic) bond motifs is 1. The fraction of sp³-hybridized carbons (Fsp3) is 0.357. The van der Waals surface area contributed by atoms with Crippen molar-refractivity contribution in [2.45, 2.75) is 26.8 Å². The van der Waals surface area contributed by atoms with Gasteiger partial charge in [-0.05, 0) is 19.9 Å². The molecule has 22 heavy (non-hydrogen) atoms. The molecule has 0 saturated carbocycles. The van der Waals surface area contributed by atoms with Crippen molar-refractivity contribution in [2.75, 3.05) is 7.05 Å². The highest BCUT2D eigenvalue weighted by atomic mass is 16.2. The summed E-state index contributed by atoms with van der Waals surface area (Å²) in [5, 5.41) is 4.34. The molecule has 0 spiro atoms. The van der Waals surface area contributed by atoms with Crippen molar-refractivity contribution in [1.29, 1.82) is 0 Å². The topological polar surface area (TPSA) is 92.1 Å². The Kier molecular flexibility index (Phi) is 3.58. The van der Waals surface area contributed by atoms with Crippen LogP contribution in [-0.4, -0.2) is 47.4 Å². The number of aryl methyl sites for hydroxylation is 2. The average Bonchev–Trinajstić information content (AvgIpc) is 3.07. The van der Waals surface area contributed by atoms with Gasteiger partial charge in [-0.15, -0.1) is 5.10 Å². The van der Waals surface area contributed by atoms with Crippen LogP contribution < -0.4 is 0 Å². The van der Waals surface area contributed by atoms with Crippen LogP contribution in [0.1, 0.15) is 23.0 Å². The lowest BCUT2D eigenvalue weighted by Gasteiger charge is -2.14. The molecule has 0 aliphatic rings. The minimum absolute atomic E-state index is 0.0679. The number of carbonyl (C=O) groups is 1. The van der Waals surface area contributed by atoms with E-state index in [0.29, 0.717) is 18.1 Å².